The summed E-state index contributed by atoms with van der Waals surface area (Å²) in [6.45, 7) is -2.11. The molecule has 0 aromatic heterocycles. The monoisotopic (exact) mass is 416 g/mol. The summed E-state index contributed by atoms with van der Waals surface area (Å²) in [5.41, 5.74) is 2.35. The summed E-state index contributed by atoms with van der Waals surface area (Å²) < 4.78 is 29.6. The maximum atomic E-state index is 12.5. The number of rotatable bonds is 8. The summed E-state index contributed by atoms with van der Waals surface area (Å²) in [5, 5.41) is 9.24. The van der Waals surface area contributed by atoms with Gasteiger partial charge >= 0.3 is 6.61 Å². The highest BCUT2D eigenvalue weighted by molar-refractivity contribution is 5.93. The lowest BCUT2D eigenvalue weighted by atomic mass is 9.85. The number of carbonyl (C=O) groups excluding carboxylic acids is 1. The molecule has 0 atom stereocenters. The summed E-state index contributed by atoms with van der Waals surface area (Å²) in [7, 11) is 1.63. The van der Waals surface area contributed by atoms with Crippen molar-refractivity contribution < 1.29 is 18.3 Å². The van der Waals surface area contributed by atoms with Crippen molar-refractivity contribution in [3.8, 4) is 5.75 Å². The Labute approximate surface area is 174 Å². The van der Waals surface area contributed by atoms with E-state index in [1.54, 1.807) is 25.2 Å². The average molecular weight is 416 g/mol. The summed E-state index contributed by atoms with van der Waals surface area (Å²) in [4.78, 5) is 16.3. The van der Waals surface area contributed by atoms with Crippen LogP contribution in [-0.2, 0) is 17.9 Å². The minimum Gasteiger partial charge on any atom is -0.434 e. The minimum absolute atomic E-state index is 0.0773. The van der Waals surface area contributed by atoms with Crippen molar-refractivity contribution in [2.45, 2.75) is 39.0 Å². The quantitative estimate of drug-likeness (QED) is 0.451. The fourth-order valence-electron chi connectivity index (χ4n) is 3.12. The SMILES string of the molecule is CN=C(NCc1cccc(NC(=O)C2CCC2)c1)NCc1ccccc1OC(F)F. The van der Waals surface area contributed by atoms with Gasteiger partial charge in [-0.1, -0.05) is 36.8 Å². The second kappa shape index (κ2) is 10.6. The fraction of sp³-hybridized carbons (Fsp3) is 0.364. The number of hydrogen-bond donors (Lipinski definition) is 3. The molecule has 8 heteroatoms. The average Bonchev–Trinajstić information content (AvgIpc) is 2.67. The Hall–Kier alpha value is -3.16. The van der Waals surface area contributed by atoms with Crippen molar-refractivity contribution in [2.24, 2.45) is 10.9 Å². The van der Waals surface area contributed by atoms with Crippen LogP contribution in [0.1, 0.15) is 30.4 Å². The third kappa shape index (κ3) is 6.17. The number of hydrogen-bond acceptors (Lipinski definition) is 3. The molecule has 0 aliphatic heterocycles. The smallest absolute Gasteiger partial charge is 0.387 e. The Morgan fingerprint density at radius 1 is 1.13 bits per heavy atom. The molecule has 0 spiro atoms. The third-order valence-electron chi connectivity index (χ3n) is 4.99. The van der Waals surface area contributed by atoms with Gasteiger partial charge in [0.2, 0.25) is 5.91 Å². The van der Waals surface area contributed by atoms with Gasteiger partial charge in [-0.2, -0.15) is 8.78 Å². The number of carbonyl (C=O) groups is 1. The third-order valence-corrected chi connectivity index (χ3v) is 4.99. The summed E-state index contributed by atoms with van der Waals surface area (Å²) in [6.07, 6.45) is 3.04. The molecule has 0 heterocycles. The van der Waals surface area contributed by atoms with Gasteiger partial charge in [0.1, 0.15) is 5.75 Å². The van der Waals surface area contributed by atoms with E-state index in [-0.39, 0.29) is 24.1 Å². The lowest BCUT2D eigenvalue weighted by molar-refractivity contribution is -0.122. The molecule has 1 fully saturated rings. The predicted octanol–water partition coefficient (Wildman–Crippen LogP) is 3.89. The number of nitrogens with one attached hydrogen (secondary N) is 3. The van der Waals surface area contributed by atoms with Crippen molar-refractivity contribution in [1.29, 1.82) is 0 Å². The van der Waals surface area contributed by atoms with E-state index in [1.807, 2.05) is 24.3 Å². The van der Waals surface area contributed by atoms with Crippen LogP contribution in [0, 0.1) is 5.92 Å². The molecular weight excluding hydrogens is 390 g/mol. The normalized spacial score (nSPS) is 14.2. The first kappa shape index (κ1) is 21.5. The molecular formula is C22H26F2N4O2. The first-order valence-electron chi connectivity index (χ1n) is 9.92. The molecule has 30 heavy (non-hydrogen) atoms. The van der Waals surface area contributed by atoms with Crippen LogP contribution < -0.4 is 20.7 Å². The summed E-state index contributed by atoms with van der Waals surface area (Å²) >= 11 is 0. The maximum absolute atomic E-state index is 12.5. The number of amides is 1. The molecule has 0 radical (unpaired) electrons. The van der Waals surface area contributed by atoms with Gasteiger partial charge in [0.25, 0.3) is 0 Å². The van der Waals surface area contributed by atoms with Crippen molar-refractivity contribution in [3.63, 3.8) is 0 Å². The zero-order valence-corrected chi connectivity index (χ0v) is 16.8. The van der Waals surface area contributed by atoms with Gasteiger partial charge in [-0.3, -0.25) is 9.79 Å². The number of aliphatic imine (C=N–C) groups is 1. The topological polar surface area (TPSA) is 74.8 Å². The van der Waals surface area contributed by atoms with Gasteiger partial charge < -0.3 is 20.7 Å². The molecule has 3 N–H and O–H groups in total. The van der Waals surface area contributed by atoms with Crippen LogP contribution in [-0.4, -0.2) is 25.5 Å². The lowest BCUT2D eigenvalue weighted by Gasteiger charge is -2.24. The van der Waals surface area contributed by atoms with Gasteiger partial charge in [0.05, 0.1) is 0 Å². The van der Waals surface area contributed by atoms with Crippen LogP contribution in [0.5, 0.6) is 5.75 Å². The zero-order valence-electron chi connectivity index (χ0n) is 16.8. The van der Waals surface area contributed by atoms with Crippen LogP contribution in [0.3, 0.4) is 0 Å². The first-order valence-corrected chi connectivity index (χ1v) is 9.92. The number of guanidine groups is 1. The van der Waals surface area contributed by atoms with Crippen LogP contribution in [0.4, 0.5) is 14.5 Å². The van der Waals surface area contributed by atoms with E-state index >= 15 is 0 Å². The minimum atomic E-state index is -2.87. The molecule has 6 nitrogen and oxygen atoms in total. The molecule has 2 aromatic rings. The second-order valence-electron chi connectivity index (χ2n) is 7.08. The van der Waals surface area contributed by atoms with Crippen molar-refractivity contribution in [2.75, 3.05) is 12.4 Å². The second-order valence-corrected chi connectivity index (χ2v) is 7.08. The van der Waals surface area contributed by atoms with Crippen LogP contribution in [0.15, 0.2) is 53.5 Å². The number of benzene rings is 2. The van der Waals surface area contributed by atoms with E-state index in [0.717, 1.165) is 30.5 Å². The number of anilines is 1. The zero-order chi connectivity index (χ0) is 21.3. The van der Waals surface area contributed by atoms with Gasteiger partial charge in [-0.05, 0) is 36.6 Å². The maximum Gasteiger partial charge on any atom is 0.387 e. The van der Waals surface area contributed by atoms with E-state index in [0.29, 0.717) is 18.1 Å². The molecule has 160 valence electrons. The van der Waals surface area contributed by atoms with Gasteiger partial charge in [-0.25, -0.2) is 0 Å². The van der Waals surface area contributed by atoms with E-state index in [1.165, 1.54) is 6.07 Å². The van der Waals surface area contributed by atoms with E-state index < -0.39 is 6.61 Å². The van der Waals surface area contributed by atoms with Crippen molar-refractivity contribution in [1.82, 2.24) is 10.6 Å². The molecule has 3 rings (SSSR count). The predicted molar refractivity (Wildman–Crippen MR) is 113 cm³/mol. The first-order chi connectivity index (χ1) is 14.5. The van der Waals surface area contributed by atoms with E-state index in [4.69, 9.17) is 0 Å². The number of alkyl halides is 2. The van der Waals surface area contributed by atoms with E-state index in [2.05, 4.69) is 25.7 Å². The Kier molecular flexibility index (Phi) is 7.59. The number of halogens is 2. The highest BCUT2D eigenvalue weighted by Crippen LogP contribution is 2.27. The van der Waals surface area contributed by atoms with E-state index in [9.17, 15) is 13.6 Å². The molecule has 1 aliphatic rings. The fourth-order valence-corrected chi connectivity index (χ4v) is 3.12. The van der Waals surface area contributed by atoms with Gasteiger partial charge in [-0.15, -0.1) is 0 Å². The highest BCUT2D eigenvalue weighted by Gasteiger charge is 2.25. The number of nitrogens with zero attached hydrogens (tertiary/aromatic N) is 1. The molecule has 0 bridgehead atoms. The summed E-state index contributed by atoms with van der Waals surface area (Å²) in [5.74, 6) is 0.858. The van der Waals surface area contributed by atoms with Gasteiger partial charge in [0.15, 0.2) is 5.96 Å². The Morgan fingerprint density at radius 3 is 2.60 bits per heavy atom. The molecule has 0 saturated heterocycles. The summed E-state index contributed by atoms with van der Waals surface area (Å²) in [6, 6.07) is 14.2. The molecule has 0 unspecified atom stereocenters. The Bertz CT molecular complexity index is 885. The largest absolute Gasteiger partial charge is 0.434 e. The van der Waals surface area contributed by atoms with Crippen molar-refractivity contribution in [3.05, 3.63) is 59.7 Å². The lowest BCUT2D eigenvalue weighted by Crippen LogP contribution is -2.36. The number of ether oxygens (including phenoxy) is 1. The Morgan fingerprint density at radius 2 is 1.90 bits per heavy atom. The molecule has 2 aromatic carbocycles. The van der Waals surface area contributed by atoms with Crippen LogP contribution >= 0.6 is 0 Å². The standard InChI is InChI=1S/C22H26F2N4O2/c1-25-22(27-14-17-7-2-3-11-19(17)30-21(23)24)26-13-15-6-4-10-18(12-15)28-20(29)16-8-5-9-16/h2-4,6-7,10-12,16,21H,5,8-9,13-14H2,1H3,(H,28,29)(H2,25,26,27). The van der Waals surface area contributed by atoms with Crippen molar-refractivity contribution >= 4 is 17.6 Å². The van der Waals surface area contributed by atoms with Crippen LogP contribution in [0.25, 0.3) is 0 Å². The Balaban J connectivity index is 1.52. The highest BCUT2D eigenvalue weighted by atomic mass is 19.3. The molecule has 1 aliphatic carbocycles. The van der Waals surface area contributed by atoms with Gasteiger partial charge in [0, 0.05) is 37.3 Å². The molecule has 1 amide bonds. The number of para-hydroxylation sites is 1. The van der Waals surface area contributed by atoms with Crippen LogP contribution in [0.2, 0.25) is 0 Å². The molecule has 1 saturated carbocycles.